The summed E-state index contributed by atoms with van der Waals surface area (Å²) in [6.45, 7) is 0.879. The van der Waals surface area contributed by atoms with Crippen LogP contribution in [0.1, 0.15) is 5.56 Å². The Kier molecular flexibility index (Phi) is 3.33. The first-order valence-corrected chi connectivity index (χ1v) is 7.07. The number of nitrogen functional groups attached to an aromatic ring is 1. The number of hydrogen-bond donors (Lipinski definition) is 2. The molecule has 3 rings (SSSR count). The third kappa shape index (κ3) is 2.85. The molecular weight excluding hydrogens is 254 g/mol. The molecule has 0 saturated carbocycles. The van der Waals surface area contributed by atoms with Crippen LogP contribution in [0.25, 0.3) is 10.2 Å². The summed E-state index contributed by atoms with van der Waals surface area (Å²) in [6.07, 6.45) is 0.968. The number of hydrogen-bond acceptors (Lipinski definition) is 4. The highest BCUT2D eigenvalue weighted by molar-refractivity contribution is 7.22. The number of nitrogens with zero attached hydrogens (tertiary/aromatic N) is 1. The highest BCUT2D eigenvalue weighted by atomic mass is 32.1. The number of anilines is 2. The molecule has 3 N–H and O–H groups in total. The average molecular weight is 269 g/mol. The monoisotopic (exact) mass is 269 g/mol. The molecule has 4 heteroatoms. The van der Waals surface area contributed by atoms with E-state index in [9.17, 15) is 0 Å². The van der Waals surface area contributed by atoms with Crippen LogP contribution in [-0.2, 0) is 6.42 Å². The van der Waals surface area contributed by atoms with Gasteiger partial charge in [0.2, 0.25) is 0 Å². The predicted octanol–water partition coefficient (Wildman–Crippen LogP) is 3.53. The molecule has 0 amide bonds. The summed E-state index contributed by atoms with van der Waals surface area (Å²) >= 11 is 1.69. The zero-order valence-corrected chi connectivity index (χ0v) is 11.3. The molecule has 96 valence electrons. The standard InChI is InChI=1S/C15H15N3S/c16-12-7-5-11(6-8-12)9-10-17-15-18-13-3-1-2-4-14(13)19-15/h1-8H,9-10,16H2,(H,17,18). The molecule has 3 aromatic rings. The molecule has 1 aromatic heterocycles. The zero-order chi connectivity index (χ0) is 13.1. The van der Waals surface area contributed by atoms with E-state index in [4.69, 9.17) is 5.73 Å². The van der Waals surface area contributed by atoms with Crippen molar-refractivity contribution in [2.75, 3.05) is 17.6 Å². The van der Waals surface area contributed by atoms with Gasteiger partial charge in [-0.05, 0) is 36.2 Å². The fraction of sp³-hybridized carbons (Fsp3) is 0.133. The molecular formula is C15H15N3S. The lowest BCUT2D eigenvalue weighted by molar-refractivity contribution is 1.02. The van der Waals surface area contributed by atoms with Gasteiger partial charge in [-0.1, -0.05) is 35.6 Å². The van der Waals surface area contributed by atoms with Gasteiger partial charge in [0.05, 0.1) is 10.2 Å². The Morgan fingerprint density at radius 3 is 2.63 bits per heavy atom. The van der Waals surface area contributed by atoms with Crippen LogP contribution in [0.3, 0.4) is 0 Å². The molecule has 0 aliphatic carbocycles. The highest BCUT2D eigenvalue weighted by Gasteiger charge is 2.01. The first-order chi connectivity index (χ1) is 9.31. The van der Waals surface area contributed by atoms with Gasteiger partial charge < -0.3 is 11.1 Å². The van der Waals surface area contributed by atoms with Gasteiger partial charge in [-0.15, -0.1) is 0 Å². The fourth-order valence-electron chi connectivity index (χ4n) is 1.95. The van der Waals surface area contributed by atoms with Crippen molar-refractivity contribution >= 4 is 32.4 Å². The van der Waals surface area contributed by atoms with E-state index in [1.807, 2.05) is 30.3 Å². The predicted molar refractivity (Wildman–Crippen MR) is 82.7 cm³/mol. The molecule has 0 atom stereocenters. The second-order valence-electron chi connectivity index (χ2n) is 4.41. The normalized spacial score (nSPS) is 10.7. The van der Waals surface area contributed by atoms with Crippen LogP contribution in [0.15, 0.2) is 48.5 Å². The quantitative estimate of drug-likeness (QED) is 0.712. The maximum absolute atomic E-state index is 5.67. The number of benzene rings is 2. The van der Waals surface area contributed by atoms with Gasteiger partial charge in [0.15, 0.2) is 5.13 Å². The largest absolute Gasteiger partial charge is 0.399 e. The first kappa shape index (κ1) is 12.0. The van der Waals surface area contributed by atoms with Crippen LogP contribution in [-0.4, -0.2) is 11.5 Å². The number of nitrogens with two attached hydrogens (primary N) is 1. The van der Waals surface area contributed by atoms with E-state index in [1.165, 1.54) is 10.3 Å². The van der Waals surface area contributed by atoms with Crippen LogP contribution >= 0.6 is 11.3 Å². The molecule has 0 unspecified atom stereocenters. The van der Waals surface area contributed by atoms with Crippen LogP contribution in [0.2, 0.25) is 0 Å². The molecule has 19 heavy (non-hydrogen) atoms. The van der Waals surface area contributed by atoms with E-state index >= 15 is 0 Å². The van der Waals surface area contributed by atoms with Crippen molar-refractivity contribution < 1.29 is 0 Å². The van der Waals surface area contributed by atoms with Crippen molar-refractivity contribution in [2.24, 2.45) is 0 Å². The van der Waals surface area contributed by atoms with Gasteiger partial charge in [0.1, 0.15) is 0 Å². The molecule has 1 heterocycles. The third-order valence-corrected chi connectivity index (χ3v) is 3.96. The van der Waals surface area contributed by atoms with E-state index in [0.717, 1.165) is 29.3 Å². The SMILES string of the molecule is Nc1ccc(CCNc2nc3ccccc3s2)cc1. The van der Waals surface area contributed by atoms with Gasteiger partial charge >= 0.3 is 0 Å². The minimum atomic E-state index is 0.808. The zero-order valence-electron chi connectivity index (χ0n) is 10.5. The first-order valence-electron chi connectivity index (χ1n) is 6.25. The van der Waals surface area contributed by atoms with E-state index in [2.05, 4.69) is 28.5 Å². The minimum absolute atomic E-state index is 0.808. The number of thiazole rings is 1. The molecule has 0 fully saturated rings. The number of aromatic nitrogens is 1. The van der Waals surface area contributed by atoms with Gasteiger partial charge in [0, 0.05) is 12.2 Å². The number of para-hydroxylation sites is 1. The van der Waals surface area contributed by atoms with E-state index in [-0.39, 0.29) is 0 Å². The smallest absolute Gasteiger partial charge is 0.183 e. The average Bonchev–Trinajstić information content (AvgIpc) is 2.83. The molecule has 3 nitrogen and oxygen atoms in total. The summed E-state index contributed by atoms with van der Waals surface area (Å²) in [4.78, 5) is 4.55. The second-order valence-corrected chi connectivity index (χ2v) is 5.44. The summed E-state index contributed by atoms with van der Waals surface area (Å²) in [5.41, 5.74) is 8.81. The minimum Gasteiger partial charge on any atom is -0.399 e. The lowest BCUT2D eigenvalue weighted by Gasteiger charge is -2.03. The molecule has 0 aliphatic rings. The Hall–Kier alpha value is -2.07. The molecule has 2 aromatic carbocycles. The van der Waals surface area contributed by atoms with Crippen LogP contribution in [0.5, 0.6) is 0 Å². The van der Waals surface area contributed by atoms with E-state index in [0.29, 0.717) is 0 Å². The van der Waals surface area contributed by atoms with E-state index < -0.39 is 0 Å². The maximum atomic E-state index is 5.67. The maximum Gasteiger partial charge on any atom is 0.183 e. The van der Waals surface area contributed by atoms with Crippen LogP contribution < -0.4 is 11.1 Å². The van der Waals surface area contributed by atoms with Crippen molar-refractivity contribution in [1.29, 1.82) is 0 Å². The Labute approximate surface area is 116 Å². The summed E-state index contributed by atoms with van der Waals surface area (Å²) < 4.78 is 1.22. The number of fused-ring (bicyclic) bond motifs is 1. The molecule has 0 aliphatic heterocycles. The highest BCUT2D eigenvalue weighted by Crippen LogP contribution is 2.25. The Bertz CT molecular complexity index is 640. The fourth-order valence-corrected chi connectivity index (χ4v) is 2.84. The Morgan fingerprint density at radius 2 is 1.84 bits per heavy atom. The van der Waals surface area contributed by atoms with E-state index in [1.54, 1.807) is 11.3 Å². The third-order valence-electron chi connectivity index (χ3n) is 2.96. The number of rotatable bonds is 4. The van der Waals surface area contributed by atoms with Gasteiger partial charge in [-0.2, -0.15) is 0 Å². The summed E-state index contributed by atoms with van der Waals surface area (Å²) in [6, 6.07) is 16.2. The van der Waals surface area contributed by atoms with Crippen molar-refractivity contribution in [3.8, 4) is 0 Å². The molecule has 0 radical (unpaired) electrons. The molecule has 0 saturated heterocycles. The Balaban J connectivity index is 1.61. The second kappa shape index (κ2) is 5.28. The van der Waals surface area contributed by atoms with Crippen LogP contribution in [0, 0.1) is 0 Å². The molecule has 0 bridgehead atoms. The lowest BCUT2D eigenvalue weighted by atomic mass is 10.1. The number of nitrogens with one attached hydrogen (secondary N) is 1. The summed E-state index contributed by atoms with van der Waals surface area (Å²) in [7, 11) is 0. The summed E-state index contributed by atoms with van der Waals surface area (Å²) in [5.74, 6) is 0. The van der Waals surface area contributed by atoms with Gasteiger partial charge in [0.25, 0.3) is 0 Å². The molecule has 0 spiro atoms. The van der Waals surface area contributed by atoms with Crippen LogP contribution in [0.4, 0.5) is 10.8 Å². The van der Waals surface area contributed by atoms with Crippen molar-refractivity contribution in [3.63, 3.8) is 0 Å². The lowest BCUT2D eigenvalue weighted by Crippen LogP contribution is -2.04. The van der Waals surface area contributed by atoms with Crippen molar-refractivity contribution in [2.45, 2.75) is 6.42 Å². The summed E-state index contributed by atoms with van der Waals surface area (Å²) in [5, 5.41) is 4.36. The Morgan fingerprint density at radius 1 is 1.05 bits per heavy atom. The van der Waals surface area contributed by atoms with Gasteiger partial charge in [-0.25, -0.2) is 4.98 Å². The topological polar surface area (TPSA) is 50.9 Å². The van der Waals surface area contributed by atoms with Crippen molar-refractivity contribution in [1.82, 2.24) is 4.98 Å². The van der Waals surface area contributed by atoms with Crippen molar-refractivity contribution in [3.05, 3.63) is 54.1 Å². The van der Waals surface area contributed by atoms with Gasteiger partial charge in [-0.3, -0.25) is 0 Å².